The molecule has 1 atom stereocenters. The number of carbonyl (C=O) groups excluding carboxylic acids is 3. The molecular weight excluding hydrogens is 481 g/mol. The first-order chi connectivity index (χ1) is 17.0. The third kappa shape index (κ3) is 7.01. The van der Waals surface area contributed by atoms with Crippen LogP contribution in [0.2, 0.25) is 0 Å². The Morgan fingerprint density at radius 2 is 1.92 bits per heavy atom. The number of alkyl halides is 3. The van der Waals surface area contributed by atoms with E-state index >= 15 is 0 Å². The van der Waals surface area contributed by atoms with Crippen LogP contribution in [-0.2, 0) is 17.5 Å². The van der Waals surface area contributed by atoms with E-state index in [-0.39, 0.29) is 17.3 Å². The zero-order chi connectivity index (χ0) is 26.5. The number of hydrogen-bond acceptors (Lipinski definition) is 6. The summed E-state index contributed by atoms with van der Waals surface area (Å²) in [5.74, 6) is -0.877. The Labute approximate surface area is 205 Å². The quantitative estimate of drug-likeness (QED) is 0.344. The predicted octanol–water partition coefficient (Wildman–Crippen LogP) is 1.91. The highest BCUT2D eigenvalue weighted by molar-refractivity contribution is 6.00. The summed E-state index contributed by atoms with van der Waals surface area (Å²) in [6, 6.07) is 6.88. The number of hydrogen-bond donors (Lipinski definition) is 5. The van der Waals surface area contributed by atoms with Crippen molar-refractivity contribution < 1.29 is 32.3 Å². The van der Waals surface area contributed by atoms with Gasteiger partial charge in [-0.25, -0.2) is 4.79 Å². The van der Waals surface area contributed by atoms with Crippen molar-refractivity contribution in [3.8, 4) is 5.75 Å². The lowest BCUT2D eigenvalue weighted by atomic mass is 10.1. The SMILES string of the molecule is COc1ccc(CN2CC[C@H](NC(=O)CNC(=O)c3cc(C(F)(F)F)ccc3N)C2)cc1NC(N)=O. The van der Waals surface area contributed by atoms with Gasteiger partial charge in [0.2, 0.25) is 5.91 Å². The normalized spacial score (nSPS) is 15.8. The van der Waals surface area contributed by atoms with Crippen molar-refractivity contribution >= 4 is 29.2 Å². The third-order valence-corrected chi connectivity index (χ3v) is 5.60. The summed E-state index contributed by atoms with van der Waals surface area (Å²) in [6.07, 6.45) is -3.96. The monoisotopic (exact) mass is 508 g/mol. The van der Waals surface area contributed by atoms with Crippen LogP contribution < -0.4 is 32.2 Å². The number of nitrogens with zero attached hydrogens (tertiary/aromatic N) is 1. The number of halogens is 3. The highest BCUT2D eigenvalue weighted by Gasteiger charge is 2.31. The van der Waals surface area contributed by atoms with Crippen LogP contribution in [0.5, 0.6) is 5.75 Å². The molecule has 2 aromatic rings. The lowest BCUT2D eigenvalue weighted by molar-refractivity contribution is -0.137. The van der Waals surface area contributed by atoms with E-state index in [9.17, 15) is 27.6 Å². The van der Waals surface area contributed by atoms with Crippen LogP contribution in [0, 0.1) is 0 Å². The largest absolute Gasteiger partial charge is 0.495 e. The van der Waals surface area contributed by atoms with E-state index < -0.39 is 36.1 Å². The molecule has 0 bridgehead atoms. The highest BCUT2D eigenvalue weighted by Crippen LogP contribution is 2.31. The fourth-order valence-electron chi connectivity index (χ4n) is 3.90. The second kappa shape index (κ2) is 11.2. The fourth-order valence-corrected chi connectivity index (χ4v) is 3.90. The summed E-state index contributed by atoms with van der Waals surface area (Å²) in [7, 11) is 1.48. The molecule has 2 aromatic carbocycles. The molecule has 1 fully saturated rings. The number of ether oxygens (including phenoxy) is 1. The first kappa shape index (κ1) is 26.6. The molecule has 36 heavy (non-hydrogen) atoms. The van der Waals surface area contributed by atoms with Gasteiger partial charge in [0.1, 0.15) is 5.75 Å². The van der Waals surface area contributed by atoms with E-state index in [0.29, 0.717) is 43.6 Å². The van der Waals surface area contributed by atoms with Gasteiger partial charge in [-0.3, -0.25) is 14.5 Å². The molecule has 3 rings (SSSR count). The van der Waals surface area contributed by atoms with Crippen LogP contribution in [0.15, 0.2) is 36.4 Å². The van der Waals surface area contributed by atoms with Crippen LogP contribution in [0.3, 0.4) is 0 Å². The Balaban J connectivity index is 1.50. The molecular formula is C23H27F3N6O4. The molecule has 13 heteroatoms. The van der Waals surface area contributed by atoms with Gasteiger partial charge < -0.3 is 32.2 Å². The zero-order valence-corrected chi connectivity index (χ0v) is 19.4. The molecule has 7 N–H and O–H groups in total. The van der Waals surface area contributed by atoms with Gasteiger partial charge in [0, 0.05) is 31.4 Å². The average molecular weight is 509 g/mol. The van der Waals surface area contributed by atoms with Crippen molar-refractivity contribution in [1.82, 2.24) is 15.5 Å². The number of anilines is 2. The van der Waals surface area contributed by atoms with Gasteiger partial charge in [0.25, 0.3) is 5.91 Å². The molecule has 0 spiro atoms. The summed E-state index contributed by atoms with van der Waals surface area (Å²) < 4.78 is 43.9. The number of nitrogens with one attached hydrogen (secondary N) is 3. The minimum Gasteiger partial charge on any atom is -0.495 e. The lowest BCUT2D eigenvalue weighted by Gasteiger charge is -2.18. The maximum absolute atomic E-state index is 12.9. The van der Waals surface area contributed by atoms with Crippen molar-refractivity contribution in [3.63, 3.8) is 0 Å². The average Bonchev–Trinajstić information content (AvgIpc) is 3.23. The van der Waals surface area contributed by atoms with Crippen molar-refractivity contribution in [2.45, 2.75) is 25.2 Å². The maximum Gasteiger partial charge on any atom is 0.416 e. The molecule has 0 unspecified atom stereocenters. The number of nitrogens with two attached hydrogens (primary N) is 2. The summed E-state index contributed by atoms with van der Waals surface area (Å²) in [5, 5.41) is 7.63. The number of methoxy groups -OCH3 is 1. The molecule has 1 aliphatic rings. The van der Waals surface area contributed by atoms with E-state index in [1.165, 1.54) is 7.11 Å². The molecule has 1 saturated heterocycles. The fraction of sp³-hybridized carbons (Fsp3) is 0.348. The standard InChI is InChI=1S/C23H27F3N6O4/c1-36-19-5-2-13(8-18(19)31-22(28)35)11-32-7-6-15(12-32)30-20(33)10-29-21(34)16-9-14(23(24,25)26)3-4-17(16)27/h2-5,8-9,15H,6-7,10-12,27H2,1H3,(H,29,34)(H,30,33)(H3,28,31,35)/t15-/m0/s1. The predicted molar refractivity (Wildman–Crippen MR) is 126 cm³/mol. The van der Waals surface area contributed by atoms with Crippen LogP contribution in [0.1, 0.15) is 27.9 Å². The van der Waals surface area contributed by atoms with E-state index in [0.717, 1.165) is 17.7 Å². The second-order valence-electron chi connectivity index (χ2n) is 8.29. The molecule has 0 aliphatic carbocycles. The van der Waals surface area contributed by atoms with E-state index in [4.69, 9.17) is 16.2 Å². The van der Waals surface area contributed by atoms with Crippen molar-refractivity contribution in [1.29, 1.82) is 0 Å². The summed E-state index contributed by atoms with van der Waals surface area (Å²) in [5.41, 5.74) is 10.7. The van der Waals surface area contributed by atoms with E-state index in [1.807, 2.05) is 6.07 Å². The number of primary amides is 1. The number of urea groups is 1. The Kier molecular flexibility index (Phi) is 8.25. The third-order valence-electron chi connectivity index (χ3n) is 5.60. The van der Waals surface area contributed by atoms with Gasteiger partial charge in [-0.05, 0) is 42.3 Å². The maximum atomic E-state index is 12.9. The first-order valence-corrected chi connectivity index (χ1v) is 11.0. The van der Waals surface area contributed by atoms with Crippen LogP contribution in [0.25, 0.3) is 0 Å². The van der Waals surface area contributed by atoms with Crippen molar-refractivity contribution in [2.24, 2.45) is 5.73 Å². The lowest BCUT2D eigenvalue weighted by Crippen LogP contribution is -2.43. The van der Waals surface area contributed by atoms with E-state index in [1.54, 1.807) is 12.1 Å². The molecule has 0 saturated carbocycles. The summed E-state index contributed by atoms with van der Waals surface area (Å²) in [4.78, 5) is 37.9. The van der Waals surface area contributed by atoms with Gasteiger partial charge in [-0.2, -0.15) is 13.2 Å². The minimum absolute atomic E-state index is 0.125. The number of benzene rings is 2. The Bertz CT molecular complexity index is 1140. The zero-order valence-electron chi connectivity index (χ0n) is 19.4. The smallest absolute Gasteiger partial charge is 0.416 e. The molecule has 4 amide bonds. The van der Waals surface area contributed by atoms with Crippen LogP contribution in [0.4, 0.5) is 29.3 Å². The minimum atomic E-state index is -4.62. The van der Waals surface area contributed by atoms with Gasteiger partial charge in [0.15, 0.2) is 0 Å². The van der Waals surface area contributed by atoms with Crippen molar-refractivity contribution in [3.05, 3.63) is 53.1 Å². The molecule has 0 radical (unpaired) electrons. The summed E-state index contributed by atoms with van der Waals surface area (Å²) >= 11 is 0. The number of rotatable bonds is 8. The number of carbonyl (C=O) groups is 3. The number of amides is 4. The molecule has 10 nitrogen and oxygen atoms in total. The molecule has 0 aromatic heterocycles. The van der Waals surface area contributed by atoms with Gasteiger partial charge >= 0.3 is 12.2 Å². The van der Waals surface area contributed by atoms with Gasteiger partial charge in [-0.15, -0.1) is 0 Å². The molecule has 194 valence electrons. The number of nitrogen functional groups attached to an aromatic ring is 1. The highest BCUT2D eigenvalue weighted by atomic mass is 19.4. The van der Waals surface area contributed by atoms with E-state index in [2.05, 4.69) is 20.9 Å². The van der Waals surface area contributed by atoms with Gasteiger partial charge in [-0.1, -0.05) is 6.07 Å². The Morgan fingerprint density at radius 1 is 1.17 bits per heavy atom. The van der Waals surface area contributed by atoms with Crippen LogP contribution in [-0.4, -0.2) is 55.5 Å². The topological polar surface area (TPSA) is 152 Å². The first-order valence-electron chi connectivity index (χ1n) is 11.0. The second-order valence-corrected chi connectivity index (χ2v) is 8.29. The van der Waals surface area contributed by atoms with Gasteiger partial charge in [0.05, 0.1) is 30.5 Å². The summed E-state index contributed by atoms with van der Waals surface area (Å²) in [6.45, 7) is 1.38. The molecule has 1 heterocycles. The number of likely N-dealkylation sites (tertiary alicyclic amines) is 1. The van der Waals surface area contributed by atoms with Crippen LogP contribution >= 0.6 is 0 Å². The Morgan fingerprint density at radius 3 is 2.58 bits per heavy atom. The molecule has 1 aliphatic heterocycles. The Hall–Kier alpha value is -4.00. The van der Waals surface area contributed by atoms with Crippen molar-refractivity contribution in [2.75, 3.05) is 37.8 Å².